The van der Waals surface area contributed by atoms with Gasteiger partial charge in [0.2, 0.25) is 0 Å². The first-order valence-electron chi connectivity index (χ1n) is 6.95. The number of nitrogens with zero attached hydrogens (tertiary/aromatic N) is 1. The first-order valence-corrected chi connectivity index (χ1v) is 6.95. The van der Waals surface area contributed by atoms with Gasteiger partial charge in [-0.25, -0.2) is 5.43 Å². The van der Waals surface area contributed by atoms with Gasteiger partial charge in [-0.15, -0.1) is 0 Å². The molecule has 0 radical (unpaired) electrons. The number of hydrazone groups is 1. The fourth-order valence-corrected chi connectivity index (χ4v) is 2.20. The van der Waals surface area contributed by atoms with E-state index in [1.54, 1.807) is 18.2 Å². The Hall–Kier alpha value is -3.28. The predicted octanol–water partition coefficient (Wildman–Crippen LogP) is 2.65. The number of rotatable bonds is 4. The van der Waals surface area contributed by atoms with Crippen molar-refractivity contribution in [1.82, 2.24) is 10.4 Å². The molecule has 3 N–H and O–H groups in total. The van der Waals surface area contributed by atoms with Crippen LogP contribution in [0.3, 0.4) is 0 Å². The van der Waals surface area contributed by atoms with Crippen molar-refractivity contribution in [2.45, 2.75) is 0 Å². The molecule has 3 aromatic rings. The van der Waals surface area contributed by atoms with Gasteiger partial charge in [-0.1, -0.05) is 18.2 Å². The standard InChI is InChI=1S/C17H15N3O3/c1-23-16-8-11(6-7-15(16)21)10-18-20-17(22)14-9-12-4-2-3-5-13(12)19-14/h2-10,19,21H,1H3,(H,20,22)/b18-10-. The Morgan fingerprint density at radius 3 is 2.87 bits per heavy atom. The van der Waals surface area contributed by atoms with Crippen LogP contribution in [-0.4, -0.2) is 29.3 Å². The molecule has 0 aliphatic rings. The summed E-state index contributed by atoms with van der Waals surface area (Å²) in [5.74, 6) is 0.0610. The average Bonchev–Trinajstić information content (AvgIpc) is 3.00. The molecule has 0 saturated carbocycles. The van der Waals surface area contributed by atoms with Gasteiger partial charge in [0.15, 0.2) is 11.5 Å². The number of carbonyl (C=O) groups excluding carboxylic acids is 1. The molecule has 0 atom stereocenters. The third kappa shape index (κ3) is 3.16. The minimum absolute atomic E-state index is 0.0479. The zero-order valence-corrected chi connectivity index (χ0v) is 12.4. The van der Waals surface area contributed by atoms with Crippen LogP contribution in [-0.2, 0) is 0 Å². The predicted molar refractivity (Wildman–Crippen MR) is 88.0 cm³/mol. The van der Waals surface area contributed by atoms with Crippen LogP contribution in [0.1, 0.15) is 16.1 Å². The molecular weight excluding hydrogens is 294 g/mol. The Kier molecular flexibility index (Phi) is 3.97. The minimum Gasteiger partial charge on any atom is -0.504 e. The molecule has 1 amide bonds. The number of benzene rings is 2. The normalized spacial score (nSPS) is 11.0. The Labute approximate surface area is 132 Å². The highest BCUT2D eigenvalue weighted by Crippen LogP contribution is 2.25. The Morgan fingerprint density at radius 1 is 1.26 bits per heavy atom. The summed E-state index contributed by atoms with van der Waals surface area (Å²) in [5, 5.41) is 14.4. The van der Waals surface area contributed by atoms with E-state index in [0.717, 1.165) is 10.9 Å². The zero-order chi connectivity index (χ0) is 16.2. The number of aromatic hydroxyl groups is 1. The molecule has 0 bridgehead atoms. The second-order valence-electron chi connectivity index (χ2n) is 4.90. The molecular formula is C17H15N3O3. The summed E-state index contributed by atoms with van der Waals surface area (Å²) in [6, 6.07) is 14.2. The number of aromatic amines is 1. The average molecular weight is 309 g/mol. The second kappa shape index (κ2) is 6.23. The quantitative estimate of drug-likeness (QED) is 0.511. The molecule has 0 spiro atoms. The van der Waals surface area contributed by atoms with Crippen molar-refractivity contribution in [2.75, 3.05) is 7.11 Å². The van der Waals surface area contributed by atoms with Crippen molar-refractivity contribution in [1.29, 1.82) is 0 Å². The van der Waals surface area contributed by atoms with E-state index in [1.807, 2.05) is 24.3 Å². The summed E-state index contributed by atoms with van der Waals surface area (Å²) < 4.78 is 5.01. The molecule has 23 heavy (non-hydrogen) atoms. The molecule has 0 aliphatic carbocycles. The molecule has 0 fully saturated rings. The van der Waals surface area contributed by atoms with Crippen molar-refractivity contribution < 1.29 is 14.6 Å². The topological polar surface area (TPSA) is 86.7 Å². The maximum absolute atomic E-state index is 12.1. The molecule has 2 aromatic carbocycles. The Morgan fingerprint density at radius 2 is 2.09 bits per heavy atom. The number of amides is 1. The lowest BCUT2D eigenvalue weighted by molar-refractivity contribution is 0.0951. The number of phenolic OH excluding ortho intramolecular Hbond substituents is 1. The molecule has 0 aliphatic heterocycles. The fraction of sp³-hybridized carbons (Fsp3) is 0.0588. The van der Waals surface area contributed by atoms with Crippen molar-refractivity contribution in [3.8, 4) is 11.5 Å². The number of para-hydroxylation sites is 1. The largest absolute Gasteiger partial charge is 0.504 e. The third-order valence-electron chi connectivity index (χ3n) is 3.36. The number of fused-ring (bicyclic) bond motifs is 1. The number of aromatic nitrogens is 1. The smallest absolute Gasteiger partial charge is 0.287 e. The SMILES string of the molecule is COc1cc(/C=N\NC(=O)c2cc3ccccc3[nH]2)ccc1O. The van der Waals surface area contributed by atoms with Gasteiger partial charge in [0.1, 0.15) is 5.69 Å². The van der Waals surface area contributed by atoms with Gasteiger partial charge in [-0.05, 0) is 35.9 Å². The van der Waals surface area contributed by atoms with Crippen LogP contribution in [0.4, 0.5) is 0 Å². The molecule has 116 valence electrons. The summed E-state index contributed by atoms with van der Waals surface area (Å²) in [4.78, 5) is 15.1. The van der Waals surface area contributed by atoms with Gasteiger partial charge in [0.05, 0.1) is 13.3 Å². The Bertz CT molecular complexity index is 851. The third-order valence-corrected chi connectivity index (χ3v) is 3.36. The van der Waals surface area contributed by atoms with E-state index in [-0.39, 0.29) is 11.7 Å². The summed E-state index contributed by atoms with van der Waals surface area (Å²) in [6.07, 6.45) is 1.47. The lowest BCUT2D eigenvalue weighted by Crippen LogP contribution is -2.17. The molecule has 1 aromatic heterocycles. The number of H-pyrrole nitrogens is 1. The van der Waals surface area contributed by atoms with E-state index in [2.05, 4.69) is 15.5 Å². The maximum atomic E-state index is 12.1. The van der Waals surface area contributed by atoms with E-state index >= 15 is 0 Å². The number of phenols is 1. The van der Waals surface area contributed by atoms with Crippen LogP contribution in [0.25, 0.3) is 10.9 Å². The maximum Gasteiger partial charge on any atom is 0.287 e. The van der Waals surface area contributed by atoms with E-state index in [9.17, 15) is 9.90 Å². The highest BCUT2D eigenvalue weighted by atomic mass is 16.5. The minimum atomic E-state index is -0.330. The fourth-order valence-electron chi connectivity index (χ4n) is 2.20. The monoisotopic (exact) mass is 309 g/mol. The second-order valence-corrected chi connectivity index (χ2v) is 4.90. The highest BCUT2D eigenvalue weighted by molar-refractivity contribution is 5.98. The molecule has 6 heteroatoms. The van der Waals surface area contributed by atoms with Crippen molar-refractivity contribution in [3.05, 3.63) is 59.8 Å². The summed E-state index contributed by atoms with van der Waals surface area (Å²) in [7, 11) is 1.47. The molecule has 3 rings (SSSR count). The van der Waals surface area contributed by atoms with E-state index in [1.165, 1.54) is 19.4 Å². The van der Waals surface area contributed by atoms with Crippen molar-refractivity contribution in [3.63, 3.8) is 0 Å². The van der Waals surface area contributed by atoms with Crippen LogP contribution in [0.5, 0.6) is 11.5 Å². The molecule has 6 nitrogen and oxygen atoms in total. The van der Waals surface area contributed by atoms with Gasteiger partial charge < -0.3 is 14.8 Å². The highest BCUT2D eigenvalue weighted by Gasteiger charge is 2.08. The summed E-state index contributed by atoms with van der Waals surface area (Å²) >= 11 is 0. The van der Waals surface area contributed by atoms with Crippen molar-refractivity contribution >= 4 is 23.0 Å². The number of methoxy groups -OCH3 is 1. The molecule has 1 heterocycles. The lowest BCUT2D eigenvalue weighted by atomic mass is 10.2. The van der Waals surface area contributed by atoms with Gasteiger partial charge in [-0.3, -0.25) is 4.79 Å². The number of carbonyl (C=O) groups is 1. The number of hydrogen-bond acceptors (Lipinski definition) is 4. The molecule has 0 unspecified atom stereocenters. The van der Waals surface area contributed by atoms with Crippen LogP contribution in [0.2, 0.25) is 0 Å². The van der Waals surface area contributed by atoms with Crippen molar-refractivity contribution in [2.24, 2.45) is 5.10 Å². The summed E-state index contributed by atoms with van der Waals surface area (Å²) in [5.41, 5.74) is 4.48. The van der Waals surface area contributed by atoms with Crippen LogP contribution in [0.15, 0.2) is 53.6 Å². The number of nitrogens with one attached hydrogen (secondary N) is 2. The molecule has 0 saturated heterocycles. The zero-order valence-electron chi connectivity index (χ0n) is 12.4. The number of hydrogen-bond donors (Lipinski definition) is 3. The summed E-state index contributed by atoms with van der Waals surface area (Å²) in [6.45, 7) is 0. The van der Waals surface area contributed by atoms with E-state index < -0.39 is 0 Å². The first kappa shape index (κ1) is 14.6. The Balaban J connectivity index is 1.70. The van der Waals surface area contributed by atoms with Gasteiger partial charge in [0, 0.05) is 10.9 Å². The van der Waals surface area contributed by atoms with Gasteiger partial charge >= 0.3 is 0 Å². The van der Waals surface area contributed by atoms with Crippen LogP contribution in [0, 0.1) is 0 Å². The van der Waals surface area contributed by atoms with E-state index in [4.69, 9.17) is 4.74 Å². The van der Waals surface area contributed by atoms with Gasteiger partial charge in [-0.2, -0.15) is 5.10 Å². The van der Waals surface area contributed by atoms with Gasteiger partial charge in [0.25, 0.3) is 5.91 Å². The van der Waals surface area contributed by atoms with E-state index in [0.29, 0.717) is 17.0 Å². The van der Waals surface area contributed by atoms with Crippen LogP contribution >= 0.6 is 0 Å². The lowest BCUT2D eigenvalue weighted by Gasteiger charge is -2.03. The van der Waals surface area contributed by atoms with Crippen LogP contribution < -0.4 is 10.2 Å². The first-order chi connectivity index (χ1) is 11.2. The number of ether oxygens (including phenoxy) is 1.